The molecule has 16 heavy (non-hydrogen) atoms. The molecule has 0 aliphatic heterocycles. The van der Waals surface area contributed by atoms with E-state index in [9.17, 15) is 0 Å². The van der Waals surface area contributed by atoms with Gasteiger partial charge in [-0.05, 0) is 37.1 Å². The fourth-order valence-corrected chi connectivity index (χ4v) is 1.27. The highest BCUT2D eigenvalue weighted by molar-refractivity contribution is 5.21. The van der Waals surface area contributed by atoms with Crippen LogP contribution >= 0.6 is 0 Å². The minimum Gasteiger partial charge on any atom is -0.326 e. The molecule has 1 heterocycles. The molecule has 0 radical (unpaired) electrons. The summed E-state index contributed by atoms with van der Waals surface area (Å²) in [5, 5.41) is 0. The highest BCUT2D eigenvalue weighted by atomic mass is 14.6. The van der Waals surface area contributed by atoms with Gasteiger partial charge in [0.15, 0.2) is 0 Å². The van der Waals surface area contributed by atoms with Crippen molar-refractivity contribution in [2.45, 2.75) is 20.4 Å². The van der Waals surface area contributed by atoms with E-state index < -0.39 is 0 Å². The van der Waals surface area contributed by atoms with Gasteiger partial charge in [0.05, 0.1) is 0 Å². The molecule has 2 aromatic rings. The Morgan fingerprint density at radius 2 is 1.69 bits per heavy atom. The van der Waals surface area contributed by atoms with Crippen molar-refractivity contribution in [2.24, 2.45) is 5.73 Å². The summed E-state index contributed by atoms with van der Waals surface area (Å²) in [6.45, 7) is 4.75. The van der Waals surface area contributed by atoms with Crippen LogP contribution < -0.4 is 5.73 Å². The van der Waals surface area contributed by atoms with Crippen LogP contribution in [0.2, 0.25) is 0 Å². The van der Waals surface area contributed by atoms with Gasteiger partial charge in [0.2, 0.25) is 0 Å². The summed E-state index contributed by atoms with van der Waals surface area (Å²) in [6.07, 6.45) is 3.57. The maximum Gasteiger partial charge on any atom is 0.0270 e. The number of nitrogens with two attached hydrogens (primary N) is 1. The summed E-state index contributed by atoms with van der Waals surface area (Å²) in [5.74, 6) is 0. The van der Waals surface area contributed by atoms with E-state index in [1.807, 2.05) is 31.2 Å². The zero-order chi connectivity index (χ0) is 11.8. The van der Waals surface area contributed by atoms with Gasteiger partial charge >= 0.3 is 0 Å². The molecule has 0 fully saturated rings. The zero-order valence-electron chi connectivity index (χ0n) is 9.85. The van der Waals surface area contributed by atoms with Gasteiger partial charge in [-0.15, -0.1) is 0 Å². The quantitative estimate of drug-likeness (QED) is 0.792. The van der Waals surface area contributed by atoms with Crippen molar-refractivity contribution < 1.29 is 0 Å². The first-order chi connectivity index (χ1) is 7.72. The van der Waals surface area contributed by atoms with Crippen molar-refractivity contribution in [1.29, 1.82) is 0 Å². The van der Waals surface area contributed by atoms with Crippen LogP contribution in [0.3, 0.4) is 0 Å². The number of nitrogens with zero attached hydrogens (tertiary/aromatic N) is 1. The van der Waals surface area contributed by atoms with Crippen LogP contribution in [0.25, 0.3) is 0 Å². The fourth-order valence-electron chi connectivity index (χ4n) is 1.27. The molecule has 0 saturated heterocycles. The Morgan fingerprint density at radius 1 is 1.00 bits per heavy atom. The van der Waals surface area contributed by atoms with Crippen LogP contribution in [-0.4, -0.2) is 4.98 Å². The largest absolute Gasteiger partial charge is 0.326 e. The molecule has 0 saturated carbocycles. The molecular formula is C14H18N2. The number of benzene rings is 1. The predicted molar refractivity (Wildman–Crippen MR) is 68.0 cm³/mol. The second-order valence-corrected chi connectivity index (χ2v) is 3.72. The lowest BCUT2D eigenvalue weighted by Crippen LogP contribution is -1.95. The van der Waals surface area contributed by atoms with Crippen LogP contribution in [0.15, 0.2) is 48.8 Å². The SMILES string of the molecule is Cc1cccc(CN)c1.Cc1ccncc1. The summed E-state index contributed by atoms with van der Waals surface area (Å²) in [6, 6.07) is 12.2. The zero-order valence-corrected chi connectivity index (χ0v) is 9.85. The molecule has 2 nitrogen and oxygen atoms in total. The molecule has 0 aliphatic carbocycles. The van der Waals surface area contributed by atoms with E-state index in [0.717, 1.165) is 0 Å². The van der Waals surface area contributed by atoms with E-state index in [0.29, 0.717) is 6.54 Å². The Kier molecular flexibility index (Phi) is 5.23. The van der Waals surface area contributed by atoms with E-state index >= 15 is 0 Å². The van der Waals surface area contributed by atoms with Gasteiger partial charge in [-0.3, -0.25) is 4.98 Å². The number of rotatable bonds is 1. The maximum absolute atomic E-state index is 5.42. The standard InChI is InChI=1S/C8H11N.C6H7N/c1-7-3-2-4-8(5-7)6-9;1-6-2-4-7-5-3-6/h2-5H,6,9H2,1H3;2-5H,1H3. The Bertz CT molecular complexity index is 410. The Balaban J connectivity index is 0.000000165. The maximum atomic E-state index is 5.42. The van der Waals surface area contributed by atoms with Crippen molar-refractivity contribution in [1.82, 2.24) is 4.98 Å². The highest BCUT2D eigenvalue weighted by Gasteiger charge is 1.86. The van der Waals surface area contributed by atoms with Gasteiger partial charge in [-0.2, -0.15) is 0 Å². The monoisotopic (exact) mass is 214 g/mol. The third-order valence-corrected chi connectivity index (χ3v) is 2.17. The number of hydrogen-bond acceptors (Lipinski definition) is 2. The molecular weight excluding hydrogens is 196 g/mol. The first-order valence-corrected chi connectivity index (χ1v) is 5.34. The highest BCUT2D eigenvalue weighted by Crippen LogP contribution is 2.01. The number of hydrogen-bond donors (Lipinski definition) is 1. The molecule has 0 amide bonds. The topological polar surface area (TPSA) is 38.9 Å². The summed E-state index contributed by atoms with van der Waals surface area (Å²) < 4.78 is 0. The van der Waals surface area contributed by atoms with E-state index in [1.54, 1.807) is 12.4 Å². The van der Waals surface area contributed by atoms with Crippen molar-refractivity contribution in [3.05, 3.63) is 65.5 Å². The molecule has 2 heteroatoms. The number of aryl methyl sites for hydroxylation is 2. The summed E-state index contributed by atoms with van der Waals surface area (Å²) >= 11 is 0. The second-order valence-electron chi connectivity index (χ2n) is 3.72. The lowest BCUT2D eigenvalue weighted by molar-refractivity contribution is 1.07. The molecule has 0 aliphatic rings. The lowest BCUT2D eigenvalue weighted by Gasteiger charge is -1.95. The van der Waals surface area contributed by atoms with Crippen LogP contribution in [-0.2, 0) is 6.54 Å². The second kappa shape index (κ2) is 6.75. The first kappa shape index (κ1) is 12.4. The van der Waals surface area contributed by atoms with Crippen molar-refractivity contribution in [3.63, 3.8) is 0 Å². The Labute approximate surface area is 97.1 Å². The Hall–Kier alpha value is -1.67. The van der Waals surface area contributed by atoms with Gasteiger partial charge in [-0.1, -0.05) is 29.8 Å². The molecule has 0 atom stereocenters. The van der Waals surface area contributed by atoms with Crippen LogP contribution in [0.4, 0.5) is 0 Å². The molecule has 84 valence electrons. The van der Waals surface area contributed by atoms with Gasteiger partial charge in [0.1, 0.15) is 0 Å². The first-order valence-electron chi connectivity index (χ1n) is 5.34. The van der Waals surface area contributed by atoms with Gasteiger partial charge in [-0.25, -0.2) is 0 Å². The molecule has 0 bridgehead atoms. The predicted octanol–water partition coefficient (Wildman–Crippen LogP) is 2.84. The molecule has 0 spiro atoms. The molecule has 2 N–H and O–H groups in total. The number of pyridine rings is 1. The van der Waals surface area contributed by atoms with E-state index in [-0.39, 0.29) is 0 Å². The third-order valence-electron chi connectivity index (χ3n) is 2.17. The van der Waals surface area contributed by atoms with Crippen LogP contribution in [0.1, 0.15) is 16.7 Å². The third kappa shape index (κ3) is 4.71. The average molecular weight is 214 g/mol. The van der Waals surface area contributed by atoms with E-state index in [4.69, 9.17) is 5.73 Å². The van der Waals surface area contributed by atoms with Crippen LogP contribution in [0, 0.1) is 13.8 Å². The minimum atomic E-state index is 0.641. The van der Waals surface area contributed by atoms with E-state index in [1.165, 1.54) is 16.7 Å². The lowest BCUT2D eigenvalue weighted by atomic mass is 10.1. The summed E-state index contributed by atoms with van der Waals surface area (Å²) in [5.41, 5.74) is 9.16. The molecule has 0 unspecified atom stereocenters. The number of aromatic nitrogens is 1. The van der Waals surface area contributed by atoms with Crippen LogP contribution in [0.5, 0.6) is 0 Å². The van der Waals surface area contributed by atoms with Crippen molar-refractivity contribution in [3.8, 4) is 0 Å². The molecule has 1 aromatic heterocycles. The summed E-state index contributed by atoms with van der Waals surface area (Å²) in [7, 11) is 0. The van der Waals surface area contributed by atoms with Gasteiger partial charge < -0.3 is 5.73 Å². The molecule has 2 rings (SSSR count). The van der Waals surface area contributed by atoms with Gasteiger partial charge in [0, 0.05) is 18.9 Å². The Morgan fingerprint density at radius 3 is 2.06 bits per heavy atom. The minimum absolute atomic E-state index is 0.641. The van der Waals surface area contributed by atoms with Gasteiger partial charge in [0.25, 0.3) is 0 Å². The van der Waals surface area contributed by atoms with E-state index in [2.05, 4.69) is 24.0 Å². The van der Waals surface area contributed by atoms with Crippen molar-refractivity contribution >= 4 is 0 Å². The fraction of sp³-hybridized carbons (Fsp3) is 0.214. The average Bonchev–Trinajstić information content (AvgIpc) is 2.31. The smallest absolute Gasteiger partial charge is 0.0270 e. The molecule has 1 aromatic carbocycles. The summed E-state index contributed by atoms with van der Waals surface area (Å²) in [4.78, 5) is 3.85. The van der Waals surface area contributed by atoms with Crippen molar-refractivity contribution in [2.75, 3.05) is 0 Å². The normalized spacial score (nSPS) is 9.19.